The van der Waals surface area contributed by atoms with Crippen LogP contribution in [0.4, 0.5) is 4.39 Å². The number of hydrogen-bond acceptors (Lipinski definition) is 3. The van der Waals surface area contributed by atoms with Gasteiger partial charge in [-0.25, -0.2) is 4.39 Å². The zero-order chi connectivity index (χ0) is 13.3. The highest BCUT2D eigenvalue weighted by Crippen LogP contribution is 2.38. The Morgan fingerprint density at radius 1 is 1.56 bits per heavy atom. The molecule has 2 unspecified atom stereocenters. The third kappa shape index (κ3) is 2.46. The fraction of sp³-hybridized carbons (Fsp3) is 0.538. The molecule has 3 nitrogen and oxygen atoms in total. The van der Waals surface area contributed by atoms with Gasteiger partial charge in [-0.3, -0.25) is 4.90 Å². The molecule has 1 saturated heterocycles. The second-order valence-corrected chi connectivity index (χ2v) is 5.19. The van der Waals surface area contributed by atoms with Crippen LogP contribution in [0.1, 0.15) is 18.0 Å². The van der Waals surface area contributed by atoms with Gasteiger partial charge in [0.25, 0.3) is 0 Å². The Kier molecular flexibility index (Phi) is 4.10. The number of ether oxygens (including phenoxy) is 1. The standard InChI is InChI=1S/C13H18ClFN2O/c1-17-7-8(6-16)3-11(17)9-4-10(15)13(14)12(5-9)18-2/h4-5,8,11H,3,6-7,16H2,1-2H3. The number of rotatable bonds is 3. The summed E-state index contributed by atoms with van der Waals surface area (Å²) in [5, 5.41) is 0.0391. The molecule has 0 amide bonds. The molecule has 0 spiro atoms. The molecular weight excluding hydrogens is 255 g/mol. The average Bonchev–Trinajstić information content (AvgIpc) is 2.74. The Labute approximate surface area is 112 Å². The SMILES string of the molecule is COc1cc(C2CC(CN)CN2C)cc(F)c1Cl. The first-order valence-corrected chi connectivity index (χ1v) is 6.37. The van der Waals surface area contributed by atoms with Crippen molar-refractivity contribution in [3.05, 3.63) is 28.5 Å². The quantitative estimate of drug-likeness (QED) is 0.919. The first kappa shape index (κ1) is 13.6. The molecule has 18 heavy (non-hydrogen) atoms. The van der Waals surface area contributed by atoms with Crippen LogP contribution >= 0.6 is 11.6 Å². The number of benzene rings is 1. The smallest absolute Gasteiger partial charge is 0.145 e. The first-order valence-electron chi connectivity index (χ1n) is 6.00. The minimum absolute atomic E-state index is 0.0391. The van der Waals surface area contributed by atoms with E-state index in [9.17, 15) is 4.39 Å². The summed E-state index contributed by atoms with van der Waals surface area (Å²) in [6.45, 7) is 1.60. The molecule has 5 heteroatoms. The third-order valence-corrected chi connectivity index (χ3v) is 3.96. The highest BCUT2D eigenvalue weighted by molar-refractivity contribution is 6.32. The Hall–Kier alpha value is -0.840. The molecule has 0 saturated carbocycles. The van der Waals surface area contributed by atoms with E-state index in [0.29, 0.717) is 18.2 Å². The van der Waals surface area contributed by atoms with Crippen molar-refractivity contribution in [1.29, 1.82) is 0 Å². The lowest BCUT2D eigenvalue weighted by molar-refractivity contribution is 0.311. The van der Waals surface area contributed by atoms with Gasteiger partial charge in [-0.05, 0) is 43.6 Å². The lowest BCUT2D eigenvalue weighted by Crippen LogP contribution is -2.20. The van der Waals surface area contributed by atoms with Crippen molar-refractivity contribution >= 4 is 11.6 Å². The Balaban J connectivity index is 2.31. The van der Waals surface area contributed by atoms with E-state index in [1.165, 1.54) is 13.2 Å². The number of methoxy groups -OCH3 is 1. The van der Waals surface area contributed by atoms with Gasteiger partial charge < -0.3 is 10.5 Å². The highest BCUT2D eigenvalue weighted by Gasteiger charge is 2.30. The summed E-state index contributed by atoms with van der Waals surface area (Å²) in [5.41, 5.74) is 6.60. The summed E-state index contributed by atoms with van der Waals surface area (Å²) in [4.78, 5) is 2.19. The Bertz CT molecular complexity index is 441. The van der Waals surface area contributed by atoms with E-state index in [0.717, 1.165) is 18.5 Å². The predicted octanol–water partition coefficient (Wildman–Crippen LogP) is 2.44. The topological polar surface area (TPSA) is 38.5 Å². The van der Waals surface area contributed by atoms with E-state index in [2.05, 4.69) is 4.90 Å². The van der Waals surface area contributed by atoms with Crippen LogP contribution in [0.25, 0.3) is 0 Å². The number of nitrogens with zero attached hydrogens (tertiary/aromatic N) is 1. The second kappa shape index (κ2) is 5.43. The predicted molar refractivity (Wildman–Crippen MR) is 70.5 cm³/mol. The van der Waals surface area contributed by atoms with Crippen molar-refractivity contribution in [3.63, 3.8) is 0 Å². The van der Waals surface area contributed by atoms with Crippen molar-refractivity contribution in [2.24, 2.45) is 11.7 Å². The van der Waals surface area contributed by atoms with Crippen LogP contribution in [-0.4, -0.2) is 32.1 Å². The van der Waals surface area contributed by atoms with Crippen molar-refractivity contribution in [1.82, 2.24) is 4.90 Å². The lowest BCUT2D eigenvalue weighted by atomic mass is 9.99. The maximum Gasteiger partial charge on any atom is 0.145 e. The average molecular weight is 273 g/mol. The van der Waals surface area contributed by atoms with Crippen LogP contribution < -0.4 is 10.5 Å². The van der Waals surface area contributed by atoms with Gasteiger partial charge in [-0.1, -0.05) is 11.6 Å². The molecule has 2 atom stereocenters. The van der Waals surface area contributed by atoms with Gasteiger partial charge in [-0.2, -0.15) is 0 Å². The molecule has 1 fully saturated rings. The molecule has 100 valence electrons. The maximum absolute atomic E-state index is 13.7. The summed E-state index contributed by atoms with van der Waals surface area (Å²) in [7, 11) is 3.52. The van der Waals surface area contributed by atoms with Gasteiger partial charge in [0, 0.05) is 12.6 Å². The molecule has 0 aromatic heterocycles. The zero-order valence-electron chi connectivity index (χ0n) is 10.6. The molecule has 0 radical (unpaired) electrons. The molecular formula is C13H18ClFN2O. The fourth-order valence-electron chi connectivity index (χ4n) is 2.59. The molecule has 1 aliphatic heterocycles. The van der Waals surface area contributed by atoms with Crippen molar-refractivity contribution in [2.45, 2.75) is 12.5 Å². The van der Waals surface area contributed by atoms with Gasteiger partial charge in [0.05, 0.1) is 7.11 Å². The van der Waals surface area contributed by atoms with Crippen LogP contribution in [0.5, 0.6) is 5.75 Å². The number of likely N-dealkylation sites (tertiary alicyclic amines) is 1. The summed E-state index contributed by atoms with van der Waals surface area (Å²) in [6.07, 6.45) is 0.942. The van der Waals surface area contributed by atoms with Crippen molar-refractivity contribution < 1.29 is 9.13 Å². The van der Waals surface area contributed by atoms with Crippen LogP contribution in [0.3, 0.4) is 0 Å². The Morgan fingerprint density at radius 2 is 2.28 bits per heavy atom. The highest BCUT2D eigenvalue weighted by atomic mass is 35.5. The normalized spacial score (nSPS) is 24.5. The van der Waals surface area contributed by atoms with E-state index >= 15 is 0 Å². The van der Waals surface area contributed by atoms with Crippen molar-refractivity contribution in [3.8, 4) is 5.75 Å². The van der Waals surface area contributed by atoms with E-state index in [4.69, 9.17) is 22.1 Å². The molecule has 1 aliphatic rings. The zero-order valence-corrected chi connectivity index (χ0v) is 11.4. The monoisotopic (exact) mass is 272 g/mol. The van der Waals surface area contributed by atoms with Gasteiger partial charge in [-0.15, -0.1) is 0 Å². The minimum Gasteiger partial charge on any atom is -0.495 e. The molecule has 0 bridgehead atoms. The third-order valence-electron chi connectivity index (χ3n) is 3.59. The fourth-order valence-corrected chi connectivity index (χ4v) is 2.78. The second-order valence-electron chi connectivity index (χ2n) is 4.81. The summed E-state index contributed by atoms with van der Waals surface area (Å²) in [5.74, 6) is 0.414. The molecule has 1 heterocycles. The molecule has 2 rings (SSSR count). The summed E-state index contributed by atoms with van der Waals surface area (Å²) < 4.78 is 18.8. The number of halogens is 2. The van der Waals surface area contributed by atoms with E-state index < -0.39 is 5.82 Å². The van der Waals surface area contributed by atoms with Crippen LogP contribution in [-0.2, 0) is 0 Å². The summed E-state index contributed by atoms with van der Waals surface area (Å²) >= 11 is 5.83. The van der Waals surface area contributed by atoms with Crippen molar-refractivity contribution in [2.75, 3.05) is 27.2 Å². The van der Waals surface area contributed by atoms with E-state index in [1.54, 1.807) is 0 Å². The van der Waals surface area contributed by atoms with Crippen LogP contribution in [0, 0.1) is 11.7 Å². The Morgan fingerprint density at radius 3 is 2.83 bits per heavy atom. The molecule has 1 aromatic carbocycles. The molecule has 0 aliphatic carbocycles. The van der Waals surface area contributed by atoms with E-state index in [-0.39, 0.29) is 11.1 Å². The first-order chi connectivity index (χ1) is 8.56. The van der Waals surface area contributed by atoms with Crippen LogP contribution in [0.2, 0.25) is 5.02 Å². The van der Waals surface area contributed by atoms with Gasteiger partial charge in [0.15, 0.2) is 0 Å². The van der Waals surface area contributed by atoms with Gasteiger partial charge in [0.2, 0.25) is 0 Å². The number of nitrogens with two attached hydrogens (primary N) is 1. The molecule has 2 N–H and O–H groups in total. The maximum atomic E-state index is 13.7. The number of hydrogen-bond donors (Lipinski definition) is 1. The van der Waals surface area contributed by atoms with Crippen LogP contribution in [0.15, 0.2) is 12.1 Å². The largest absolute Gasteiger partial charge is 0.495 e. The van der Waals surface area contributed by atoms with Gasteiger partial charge in [0.1, 0.15) is 16.6 Å². The lowest BCUT2D eigenvalue weighted by Gasteiger charge is -2.20. The minimum atomic E-state index is -0.435. The van der Waals surface area contributed by atoms with E-state index in [1.807, 2.05) is 13.1 Å². The van der Waals surface area contributed by atoms with Gasteiger partial charge >= 0.3 is 0 Å². The summed E-state index contributed by atoms with van der Waals surface area (Å²) in [6, 6.07) is 3.48. The molecule has 1 aromatic rings.